The Bertz CT molecular complexity index is 524. The molecule has 1 fully saturated rings. The van der Waals surface area contributed by atoms with Crippen LogP contribution in [0.2, 0.25) is 0 Å². The van der Waals surface area contributed by atoms with Crippen molar-refractivity contribution in [3.8, 4) is 0 Å². The molecule has 0 aromatic heterocycles. The minimum Gasteiger partial charge on any atom is -0.379 e. The second-order valence-electron chi connectivity index (χ2n) is 6.36. The number of morpholine rings is 1. The largest absolute Gasteiger partial charge is 0.379 e. The second kappa shape index (κ2) is 10.3. The number of hydrogen-bond acceptors (Lipinski definition) is 3. The quantitative estimate of drug-likeness (QED) is 0.456. The minimum atomic E-state index is 0.713. The molecule has 1 aliphatic heterocycles. The van der Waals surface area contributed by atoms with Crippen LogP contribution in [-0.4, -0.2) is 56.8 Å². The Hall–Kier alpha value is -1.59. The van der Waals surface area contributed by atoms with Crippen molar-refractivity contribution in [3.63, 3.8) is 0 Å². The monoisotopic (exact) mass is 332 g/mol. The molecule has 5 nitrogen and oxygen atoms in total. The highest BCUT2D eigenvalue weighted by atomic mass is 16.5. The Kier molecular flexibility index (Phi) is 8.05. The summed E-state index contributed by atoms with van der Waals surface area (Å²) in [5.41, 5.74) is 3.89. The molecule has 134 valence electrons. The van der Waals surface area contributed by atoms with E-state index in [1.165, 1.54) is 16.7 Å². The Morgan fingerprint density at radius 2 is 2.00 bits per heavy atom. The lowest BCUT2D eigenvalue weighted by atomic mass is 10.1. The van der Waals surface area contributed by atoms with Crippen molar-refractivity contribution in [1.82, 2.24) is 15.5 Å². The van der Waals surface area contributed by atoms with Gasteiger partial charge in [0.1, 0.15) is 0 Å². The molecule has 2 rings (SSSR count). The van der Waals surface area contributed by atoms with Crippen LogP contribution in [-0.2, 0) is 11.3 Å². The molecule has 2 N–H and O–H groups in total. The lowest BCUT2D eigenvalue weighted by Gasteiger charge is -2.26. The molecule has 0 spiro atoms. The first-order valence-corrected chi connectivity index (χ1v) is 9.07. The fourth-order valence-corrected chi connectivity index (χ4v) is 2.86. The van der Waals surface area contributed by atoms with E-state index >= 15 is 0 Å². The number of nitrogens with one attached hydrogen (secondary N) is 2. The molecular weight excluding hydrogens is 300 g/mol. The van der Waals surface area contributed by atoms with Crippen molar-refractivity contribution in [2.75, 3.05) is 45.9 Å². The van der Waals surface area contributed by atoms with Gasteiger partial charge in [-0.15, -0.1) is 0 Å². The Balaban J connectivity index is 1.77. The maximum absolute atomic E-state index is 5.38. The van der Waals surface area contributed by atoms with Crippen molar-refractivity contribution in [2.24, 2.45) is 4.99 Å². The summed E-state index contributed by atoms with van der Waals surface area (Å²) < 4.78 is 5.38. The first-order chi connectivity index (χ1) is 11.7. The molecule has 1 heterocycles. The van der Waals surface area contributed by atoms with Gasteiger partial charge in [-0.05, 0) is 44.9 Å². The van der Waals surface area contributed by atoms with Crippen LogP contribution < -0.4 is 10.6 Å². The van der Waals surface area contributed by atoms with Crippen LogP contribution in [0.15, 0.2) is 23.2 Å². The number of hydrogen-bond donors (Lipinski definition) is 2. The molecule has 0 amide bonds. The zero-order chi connectivity index (χ0) is 17.2. The first kappa shape index (κ1) is 18.7. The number of guanidine groups is 1. The zero-order valence-electron chi connectivity index (χ0n) is 15.4. The molecule has 1 aromatic carbocycles. The predicted molar refractivity (Wildman–Crippen MR) is 101 cm³/mol. The molecule has 24 heavy (non-hydrogen) atoms. The highest BCUT2D eigenvalue weighted by Gasteiger charge is 2.09. The van der Waals surface area contributed by atoms with E-state index in [2.05, 4.69) is 54.5 Å². The van der Waals surface area contributed by atoms with Gasteiger partial charge in [0.15, 0.2) is 5.96 Å². The van der Waals surface area contributed by atoms with E-state index in [1.807, 2.05) is 0 Å². The Morgan fingerprint density at radius 1 is 1.21 bits per heavy atom. The molecule has 0 aliphatic carbocycles. The first-order valence-electron chi connectivity index (χ1n) is 9.07. The third kappa shape index (κ3) is 6.49. The molecule has 1 aromatic rings. The molecule has 0 saturated carbocycles. The Morgan fingerprint density at radius 3 is 2.71 bits per heavy atom. The standard InChI is InChI=1S/C19H32N4O/c1-4-20-19(21-8-5-9-23-10-12-24-13-11-23)22-15-18-7-6-16(2)14-17(18)3/h6-7,14H,4-5,8-13,15H2,1-3H3,(H2,20,21,22). The van der Waals surface area contributed by atoms with E-state index in [0.717, 1.165) is 58.3 Å². The van der Waals surface area contributed by atoms with Crippen molar-refractivity contribution in [3.05, 3.63) is 34.9 Å². The van der Waals surface area contributed by atoms with Gasteiger partial charge >= 0.3 is 0 Å². The fraction of sp³-hybridized carbons (Fsp3) is 0.632. The van der Waals surface area contributed by atoms with Gasteiger partial charge in [0.2, 0.25) is 0 Å². The second-order valence-corrected chi connectivity index (χ2v) is 6.36. The summed E-state index contributed by atoms with van der Waals surface area (Å²) in [4.78, 5) is 7.18. The van der Waals surface area contributed by atoms with Crippen LogP contribution in [0, 0.1) is 13.8 Å². The number of rotatable bonds is 7. The maximum Gasteiger partial charge on any atom is 0.191 e. The van der Waals surface area contributed by atoms with E-state index in [-0.39, 0.29) is 0 Å². The molecular formula is C19H32N4O. The number of aryl methyl sites for hydroxylation is 2. The van der Waals surface area contributed by atoms with E-state index in [9.17, 15) is 0 Å². The summed E-state index contributed by atoms with van der Waals surface area (Å²) in [6, 6.07) is 6.55. The Labute approximate surface area is 146 Å². The number of ether oxygens (including phenoxy) is 1. The predicted octanol–water partition coefficient (Wildman–Crippen LogP) is 2.08. The third-order valence-electron chi connectivity index (χ3n) is 4.30. The summed E-state index contributed by atoms with van der Waals surface area (Å²) in [6.45, 7) is 13.9. The van der Waals surface area contributed by atoms with E-state index in [4.69, 9.17) is 9.73 Å². The van der Waals surface area contributed by atoms with Gasteiger partial charge < -0.3 is 15.4 Å². The molecule has 0 bridgehead atoms. The number of benzene rings is 1. The van der Waals surface area contributed by atoms with Gasteiger partial charge in [0.25, 0.3) is 0 Å². The SMILES string of the molecule is CCNC(=NCc1ccc(C)cc1C)NCCCN1CCOCC1. The lowest BCUT2D eigenvalue weighted by molar-refractivity contribution is 0.0376. The zero-order valence-corrected chi connectivity index (χ0v) is 15.4. The fourth-order valence-electron chi connectivity index (χ4n) is 2.86. The van der Waals surface area contributed by atoms with Gasteiger partial charge in [-0.2, -0.15) is 0 Å². The summed E-state index contributed by atoms with van der Waals surface area (Å²) in [6.07, 6.45) is 1.12. The van der Waals surface area contributed by atoms with Crippen LogP contribution in [0.4, 0.5) is 0 Å². The summed E-state index contributed by atoms with van der Waals surface area (Å²) in [5, 5.41) is 6.77. The molecule has 5 heteroatoms. The smallest absolute Gasteiger partial charge is 0.191 e. The number of aliphatic imine (C=N–C) groups is 1. The van der Waals surface area contributed by atoms with Crippen LogP contribution >= 0.6 is 0 Å². The maximum atomic E-state index is 5.38. The van der Waals surface area contributed by atoms with Gasteiger partial charge in [0, 0.05) is 26.2 Å². The van der Waals surface area contributed by atoms with Crippen LogP contribution in [0.1, 0.15) is 30.0 Å². The van der Waals surface area contributed by atoms with Crippen molar-refractivity contribution in [1.29, 1.82) is 0 Å². The molecule has 1 aliphatic rings. The van der Waals surface area contributed by atoms with E-state index < -0.39 is 0 Å². The molecule has 1 saturated heterocycles. The minimum absolute atomic E-state index is 0.713. The summed E-state index contributed by atoms with van der Waals surface area (Å²) in [7, 11) is 0. The summed E-state index contributed by atoms with van der Waals surface area (Å²) >= 11 is 0. The highest BCUT2D eigenvalue weighted by Crippen LogP contribution is 2.11. The van der Waals surface area contributed by atoms with Gasteiger partial charge in [-0.25, -0.2) is 4.99 Å². The van der Waals surface area contributed by atoms with Crippen molar-refractivity contribution >= 4 is 5.96 Å². The molecule has 0 radical (unpaired) electrons. The lowest BCUT2D eigenvalue weighted by Crippen LogP contribution is -2.40. The molecule has 0 atom stereocenters. The number of nitrogens with zero attached hydrogens (tertiary/aromatic N) is 2. The average molecular weight is 332 g/mol. The van der Waals surface area contributed by atoms with Gasteiger partial charge in [-0.1, -0.05) is 23.8 Å². The molecule has 0 unspecified atom stereocenters. The van der Waals surface area contributed by atoms with E-state index in [1.54, 1.807) is 0 Å². The van der Waals surface area contributed by atoms with Gasteiger partial charge in [0.05, 0.1) is 19.8 Å². The topological polar surface area (TPSA) is 48.9 Å². The van der Waals surface area contributed by atoms with Crippen molar-refractivity contribution in [2.45, 2.75) is 33.7 Å². The van der Waals surface area contributed by atoms with Crippen LogP contribution in [0.5, 0.6) is 0 Å². The summed E-state index contributed by atoms with van der Waals surface area (Å²) in [5.74, 6) is 0.902. The average Bonchev–Trinajstić information content (AvgIpc) is 2.58. The van der Waals surface area contributed by atoms with Crippen molar-refractivity contribution < 1.29 is 4.74 Å². The van der Waals surface area contributed by atoms with Crippen LogP contribution in [0.3, 0.4) is 0 Å². The third-order valence-corrected chi connectivity index (χ3v) is 4.30. The normalized spacial score (nSPS) is 16.2. The highest BCUT2D eigenvalue weighted by molar-refractivity contribution is 5.79. The van der Waals surface area contributed by atoms with Crippen LogP contribution in [0.25, 0.3) is 0 Å². The van der Waals surface area contributed by atoms with E-state index in [0.29, 0.717) is 6.54 Å². The van der Waals surface area contributed by atoms with Gasteiger partial charge in [-0.3, -0.25) is 4.90 Å².